The number of aromatic hydroxyl groups is 1. The molecule has 2 bridgehead atoms. The third-order valence-corrected chi connectivity index (χ3v) is 3.74. The number of piperidine rings is 3. The number of rotatable bonds is 2. The van der Waals surface area contributed by atoms with Crippen molar-refractivity contribution >= 4 is 0 Å². The van der Waals surface area contributed by atoms with E-state index in [2.05, 4.69) is 4.90 Å². The Morgan fingerprint density at radius 2 is 1.94 bits per heavy atom. The van der Waals surface area contributed by atoms with Crippen LogP contribution in [0.15, 0.2) is 24.3 Å². The summed E-state index contributed by atoms with van der Waals surface area (Å²) >= 11 is 0. The molecule has 1 aromatic carbocycles. The number of nitrogens with zero attached hydrogens (tertiary/aromatic N) is 1. The Hall–Kier alpha value is -1.22. The van der Waals surface area contributed by atoms with E-state index in [4.69, 9.17) is 4.74 Å². The van der Waals surface area contributed by atoms with Crippen LogP contribution in [0.3, 0.4) is 0 Å². The van der Waals surface area contributed by atoms with Crippen LogP contribution in [0.25, 0.3) is 0 Å². The van der Waals surface area contributed by atoms with Gasteiger partial charge in [0.1, 0.15) is 6.10 Å². The average Bonchev–Trinajstić information content (AvgIpc) is 2.34. The van der Waals surface area contributed by atoms with E-state index in [-0.39, 0.29) is 11.9 Å². The van der Waals surface area contributed by atoms with E-state index in [1.165, 1.54) is 25.9 Å². The van der Waals surface area contributed by atoms with E-state index in [0.717, 1.165) is 6.54 Å². The number of hydrogen-bond donors (Lipinski definition) is 1. The van der Waals surface area contributed by atoms with Crippen molar-refractivity contribution in [2.45, 2.75) is 18.9 Å². The van der Waals surface area contributed by atoms with Gasteiger partial charge < -0.3 is 9.84 Å². The third-order valence-electron chi connectivity index (χ3n) is 3.74. The Balaban J connectivity index is 1.73. The summed E-state index contributed by atoms with van der Waals surface area (Å²) in [5.74, 6) is 1.55. The fraction of sp³-hybridized carbons (Fsp3) is 0.538. The molecule has 16 heavy (non-hydrogen) atoms. The zero-order chi connectivity index (χ0) is 11.0. The maximum Gasteiger partial charge on any atom is 0.161 e. The third kappa shape index (κ3) is 1.76. The largest absolute Gasteiger partial charge is 0.504 e. The van der Waals surface area contributed by atoms with Crippen LogP contribution in [0.2, 0.25) is 0 Å². The highest BCUT2D eigenvalue weighted by molar-refractivity contribution is 5.38. The van der Waals surface area contributed by atoms with Gasteiger partial charge in [-0.15, -0.1) is 0 Å². The van der Waals surface area contributed by atoms with Crippen LogP contribution < -0.4 is 4.74 Å². The van der Waals surface area contributed by atoms with Crippen molar-refractivity contribution in [2.24, 2.45) is 5.92 Å². The van der Waals surface area contributed by atoms with Crippen LogP contribution in [0.1, 0.15) is 12.8 Å². The molecule has 3 nitrogen and oxygen atoms in total. The highest BCUT2D eigenvalue weighted by Crippen LogP contribution is 2.33. The molecule has 3 aliphatic rings. The Labute approximate surface area is 95.6 Å². The van der Waals surface area contributed by atoms with E-state index >= 15 is 0 Å². The highest BCUT2D eigenvalue weighted by Gasteiger charge is 2.35. The smallest absolute Gasteiger partial charge is 0.161 e. The van der Waals surface area contributed by atoms with Gasteiger partial charge in [0.05, 0.1) is 0 Å². The van der Waals surface area contributed by atoms with Crippen LogP contribution in [0, 0.1) is 5.92 Å². The maximum atomic E-state index is 9.67. The van der Waals surface area contributed by atoms with Crippen molar-refractivity contribution in [1.29, 1.82) is 0 Å². The molecular weight excluding hydrogens is 202 g/mol. The molecule has 1 unspecified atom stereocenters. The summed E-state index contributed by atoms with van der Waals surface area (Å²) in [5, 5.41) is 9.67. The summed E-state index contributed by atoms with van der Waals surface area (Å²) in [6.07, 6.45) is 2.73. The minimum Gasteiger partial charge on any atom is -0.504 e. The minimum absolute atomic E-state index is 0.249. The molecule has 3 fully saturated rings. The fourth-order valence-corrected chi connectivity index (χ4v) is 2.76. The first-order valence-electron chi connectivity index (χ1n) is 6.00. The monoisotopic (exact) mass is 219 g/mol. The molecule has 0 radical (unpaired) electrons. The van der Waals surface area contributed by atoms with E-state index in [1.807, 2.05) is 18.2 Å². The van der Waals surface area contributed by atoms with Gasteiger partial charge in [-0.2, -0.15) is 0 Å². The van der Waals surface area contributed by atoms with Gasteiger partial charge in [-0.3, -0.25) is 4.90 Å². The lowest BCUT2D eigenvalue weighted by atomic mass is 9.86. The van der Waals surface area contributed by atoms with Crippen molar-refractivity contribution < 1.29 is 9.84 Å². The van der Waals surface area contributed by atoms with Crippen molar-refractivity contribution in [2.75, 3.05) is 19.6 Å². The predicted molar refractivity (Wildman–Crippen MR) is 61.7 cm³/mol. The van der Waals surface area contributed by atoms with Crippen molar-refractivity contribution in [3.05, 3.63) is 24.3 Å². The molecule has 86 valence electrons. The number of fused-ring (bicyclic) bond motifs is 3. The molecule has 1 aromatic rings. The molecule has 0 amide bonds. The van der Waals surface area contributed by atoms with Gasteiger partial charge in [-0.05, 0) is 44.0 Å². The van der Waals surface area contributed by atoms with E-state index < -0.39 is 0 Å². The van der Waals surface area contributed by atoms with Gasteiger partial charge in [-0.1, -0.05) is 12.1 Å². The number of hydrogen-bond acceptors (Lipinski definition) is 3. The zero-order valence-corrected chi connectivity index (χ0v) is 9.30. The van der Waals surface area contributed by atoms with E-state index in [1.54, 1.807) is 6.07 Å². The van der Waals surface area contributed by atoms with Crippen molar-refractivity contribution in [3.63, 3.8) is 0 Å². The molecule has 3 saturated heterocycles. The van der Waals surface area contributed by atoms with Gasteiger partial charge in [0.2, 0.25) is 0 Å². The fourth-order valence-electron chi connectivity index (χ4n) is 2.76. The lowest BCUT2D eigenvalue weighted by Crippen LogP contribution is -2.52. The molecule has 4 rings (SSSR count). The van der Waals surface area contributed by atoms with Gasteiger partial charge in [0, 0.05) is 6.54 Å². The van der Waals surface area contributed by atoms with Gasteiger partial charge in [-0.25, -0.2) is 0 Å². The molecule has 3 aliphatic heterocycles. The summed E-state index contributed by atoms with van der Waals surface area (Å²) in [5.41, 5.74) is 0. The molecule has 0 aromatic heterocycles. The number of para-hydroxylation sites is 2. The molecule has 0 spiro atoms. The Morgan fingerprint density at radius 3 is 2.56 bits per heavy atom. The van der Waals surface area contributed by atoms with Crippen LogP contribution in [0.4, 0.5) is 0 Å². The average molecular weight is 219 g/mol. The van der Waals surface area contributed by atoms with Gasteiger partial charge in [0.15, 0.2) is 11.5 Å². The lowest BCUT2D eigenvalue weighted by molar-refractivity contribution is -0.00882. The van der Waals surface area contributed by atoms with E-state index in [9.17, 15) is 5.11 Å². The molecule has 1 atom stereocenters. The second kappa shape index (κ2) is 3.98. The van der Waals surface area contributed by atoms with Crippen molar-refractivity contribution in [3.8, 4) is 11.5 Å². The Morgan fingerprint density at radius 1 is 1.19 bits per heavy atom. The number of benzene rings is 1. The summed E-state index contributed by atoms with van der Waals surface area (Å²) < 4.78 is 5.93. The second-order valence-electron chi connectivity index (χ2n) is 4.76. The number of ether oxygens (including phenoxy) is 1. The lowest BCUT2D eigenvalue weighted by Gasteiger charge is -2.44. The molecule has 3 heterocycles. The molecular formula is C13H17NO2. The van der Waals surface area contributed by atoms with Crippen LogP contribution >= 0.6 is 0 Å². The topological polar surface area (TPSA) is 32.7 Å². The second-order valence-corrected chi connectivity index (χ2v) is 4.76. The van der Waals surface area contributed by atoms with E-state index in [0.29, 0.717) is 11.7 Å². The number of phenols is 1. The molecule has 0 saturated carbocycles. The predicted octanol–water partition coefficient (Wildman–Crippen LogP) is 1.87. The number of phenolic OH excluding ortho intramolecular Hbond substituents is 1. The van der Waals surface area contributed by atoms with Crippen molar-refractivity contribution in [1.82, 2.24) is 4.90 Å². The van der Waals surface area contributed by atoms with Crippen LogP contribution in [-0.4, -0.2) is 35.7 Å². The summed E-state index contributed by atoms with van der Waals surface area (Å²) in [6, 6.07) is 7.23. The quantitative estimate of drug-likeness (QED) is 0.824. The molecule has 0 aliphatic carbocycles. The first-order valence-corrected chi connectivity index (χ1v) is 6.00. The standard InChI is InChI=1S/C13H17NO2/c15-11-3-1-2-4-12(11)16-13-9-14-7-5-10(13)6-8-14/h1-4,10,13,15H,5-9H2. The Bertz CT molecular complexity index is 372. The first kappa shape index (κ1) is 9.97. The SMILES string of the molecule is Oc1ccccc1OC1CN2CCC1CC2. The van der Waals surface area contributed by atoms with Crippen LogP contribution in [-0.2, 0) is 0 Å². The summed E-state index contributed by atoms with van der Waals surface area (Å²) in [4.78, 5) is 2.45. The highest BCUT2D eigenvalue weighted by atomic mass is 16.5. The molecule has 3 heteroatoms. The van der Waals surface area contributed by atoms with Gasteiger partial charge in [0.25, 0.3) is 0 Å². The Kier molecular flexibility index (Phi) is 2.48. The normalized spacial score (nSPS) is 32.6. The maximum absolute atomic E-state index is 9.67. The summed E-state index contributed by atoms with van der Waals surface area (Å²) in [6.45, 7) is 3.44. The molecule has 1 N–H and O–H groups in total. The summed E-state index contributed by atoms with van der Waals surface area (Å²) in [7, 11) is 0. The zero-order valence-electron chi connectivity index (χ0n) is 9.30. The van der Waals surface area contributed by atoms with Gasteiger partial charge >= 0.3 is 0 Å². The first-order chi connectivity index (χ1) is 7.83. The van der Waals surface area contributed by atoms with Crippen LogP contribution in [0.5, 0.6) is 11.5 Å². The minimum atomic E-state index is 0.249.